The summed E-state index contributed by atoms with van der Waals surface area (Å²) in [6, 6.07) is 9.62. The number of aryl methyl sites for hydroxylation is 1. The molecule has 0 aliphatic carbocycles. The molecule has 0 unspecified atom stereocenters. The van der Waals surface area contributed by atoms with Crippen molar-refractivity contribution in [1.29, 1.82) is 0 Å². The molecule has 1 N–H and O–H groups in total. The molecular weight excluding hydrogens is 360 g/mol. The van der Waals surface area contributed by atoms with Gasteiger partial charge < -0.3 is 10.2 Å². The Labute approximate surface area is 166 Å². The van der Waals surface area contributed by atoms with Gasteiger partial charge in [0, 0.05) is 6.54 Å². The number of unbranched alkanes of at least 4 members (excludes halogenated alkanes) is 1. The average molecular weight is 389 g/mol. The van der Waals surface area contributed by atoms with E-state index in [4.69, 9.17) is 11.6 Å². The number of carbonyl (C=O) groups is 1. The van der Waals surface area contributed by atoms with Gasteiger partial charge in [-0.15, -0.1) is 0 Å². The van der Waals surface area contributed by atoms with Gasteiger partial charge in [0.1, 0.15) is 5.15 Å². The fourth-order valence-corrected chi connectivity index (χ4v) is 3.89. The standard InChI is InChI=1S/C21H29ClN4O/c1-16-10-14-25(15-11-16)13-7-6-12-23-21(27)19-17(2)24-26(20(19)22)18-8-4-3-5-9-18/h3-5,8-9,16H,6-7,10-15H2,1-2H3,(H,23,27). The first-order valence-electron chi connectivity index (χ1n) is 9.87. The molecule has 1 fully saturated rings. The van der Waals surface area contributed by atoms with Gasteiger partial charge in [-0.3, -0.25) is 4.79 Å². The topological polar surface area (TPSA) is 50.2 Å². The van der Waals surface area contributed by atoms with Crippen LogP contribution in [0.15, 0.2) is 30.3 Å². The number of carbonyl (C=O) groups excluding carboxylic acids is 1. The number of hydrogen-bond acceptors (Lipinski definition) is 3. The number of aromatic nitrogens is 2. The number of hydrogen-bond donors (Lipinski definition) is 1. The molecule has 1 amide bonds. The highest BCUT2D eigenvalue weighted by Crippen LogP contribution is 2.23. The van der Waals surface area contributed by atoms with E-state index in [2.05, 4.69) is 22.2 Å². The zero-order valence-electron chi connectivity index (χ0n) is 16.2. The molecule has 5 nitrogen and oxygen atoms in total. The fraction of sp³-hybridized carbons (Fsp3) is 0.524. The number of para-hydroxylation sites is 1. The molecule has 0 bridgehead atoms. The highest BCUT2D eigenvalue weighted by molar-refractivity contribution is 6.33. The van der Waals surface area contributed by atoms with Gasteiger partial charge in [-0.1, -0.05) is 36.7 Å². The van der Waals surface area contributed by atoms with Crippen LogP contribution >= 0.6 is 11.6 Å². The summed E-state index contributed by atoms with van der Waals surface area (Å²) in [4.78, 5) is 15.1. The first kappa shape index (κ1) is 19.9. The van der Waals surface area contributed by atoms with Crippen LogP contribution in [0.5, 0.6) is 0 Å². The van der Waals surface area contributed by atoms with Gasteiger partial charge >= 0.3 is 0 Å². The Balaban J connectivity index is 1.48. The van der Waals surface area contributed by atoms with E-state index in [1.54, 1.807) is 4.68 Å². The molecule has 0 spiro atoms. The molecule has 1 aromatic carbocycles. The third kappa shape index (κ3) is 5.11. The van der Waals surface area contributed by atoms with Crippen LogP contribution in [-0.2, 0) is 0 Å². The maximum absolute atomic E-state index is 12.6. The first-order valence-corrected chi connectivity index (χ1v) is 10.2. The number of halogens is 1. The number of rotatable bonds is 7. The Morgan fingerprint density at radius 2 is 1.93 bits per heavy atom. The molecule has 2 aromatic rings. The molecule has 3 rings (SSSR count). The molecule has 2 heterocycles. The van der Waals surface area contributed by atoms with Crippen LogP contribution < -0.4 is 5.32 Å². The second kappa shape index (κ2) is 9.38. The van der Waals surface area contributed by atoms with E-state index in [0.717, 1.165) is 31.0 Å². The van der Waals surface area contributed by atoms with Crippen LogP contribution in [0.2, 0.25) is 5.15 Å². The van der Waals surface area contributed by atoms with Gasteiger partial charge in [0.15, 0.2) is 0 Å². The molecule has 1 aromatic heterocycles. The van der Waals surface area contributed by atoms with Crippen LogP contribution in [0.3, 0.4) is 0 Å². The normalized spacial score (nSPS) is 15.8. The molecule has 0 atom stereocenters. The van der Waals surface area contributed by atoms with Crippen molar-refractivity contribution in [3.63, 3.8) is 0 Å². The first-order chi connectivity index (χ1) is 13.1. The third-order valence-electron chi connectivity index (χ3n) is 5.29. The molecule has 1 aliphatic heterocycles. The summed E-state index contributed by atoms with van der Waals surface area (Å²) in [7, 11) is 0. The minimum atomic E-state index is -0.147. The predicted octanol–water partition coefficient (Wildman–Crippen LogP) is 4.08. The lowest BCUT2D eigenvalue weighted by Gasteiger charge is -2.30. The van der Waals surface area contributed by atoms with Crippen molar-refractivity contribution in [2.24, 2.45) is 5.92 Å². The van der Waals surface area contributed by atoms with Gasteiger partial charge in [-0.05, 0) is 70.3 Å². The van der Waals surface area contributed by atoms with E-state index in [1.807, 2.05) is 37.3 Å². The lowest BCUT2D eigenvalue weighted by atomic mass is 9.99. The molecule has 6 heteroatoms. The molecule has 0 radical (unpaired) electrons. The van der Waals surface area contributed by atoms with E-state index in [9.17, 15) is 4.79 Å². The third-order valence-corrected chi connectivity index (χ3v) is 5.64. The number of nitrogens with zero attached hydrogens (tertiary/aromatic N) is 3. The highest BCUT2D eigenvalue weighted by Gasteiger charge is 2.21. The molecule has 27 heavy (non-hydrogen) atoms. The lowest BCUT2D eigenvalue weighted by molar-refractivity contribution is 0.0951. The average Bonchev–Trinajstić information content (AvgIpc) is 2.98. The Kier molecular flexibility index (Phi) is 6.91. The minimum Gasteiger partial charge on any atom is -0.352 e. The van der Waals surface area contributed by atoms with Crippen LogP contribution in [0.1, 0.15) is 48.7 Å². The summed E-state index contributed by atoms with van der Waals surface area (Å²) in [6.07, 6.45) is 4.69. The van der Waals surface area contributed by atoms with E-state index in [0.29, 0.717) is 23.0 Å². The summed E-state index contributed by atoms with van der Waals surface area (Å²) >= 11 is 6.45. The molecule has 1 saturated heterocycles. The van der Waals surface area contributed by atoms with E-state index >= 15 is 0 Å². The van der Waals surface area contributed by atoms with Crippen LogP contribution in [0.25, 0.3) is 5.69 Å². The summed E-state index contributed by atoms with van der Waals surface area (Å²) in [5, 5.41) is 7.79. The zero-order valence-corrected chi connectivity index (χ0v) is 17.0. The smallest absolute Gasteiger partial charge is 0.256 e. The van der Waals surface area contributed by atoms with Crippen molar-refractivity contribution in [2.75, 3.05) is 26.2 Å². The quantitative estimate of drug-likeness (QED) is 0.727. The monoisotopic (exact) mass is 388 g/mol. The van der Waals surface area contributed by atoms with Gasteiger partial charge in [0.25, 0.3) is 5.91 Å². The van der Waals surface area contributed by atoms with Gasteiger partial charge in [0.2, 0.25) is 0 Å². The van der Waals surface area contributed by atoms with Crippen molar-refractivity contribution in [2.45, 2.75) is 39.5 Å². The van der Waals surface area contributed by atoms with Crippen molar-refractivity contribution in [3.8, 4) is 5.69 Å². The zero-order chi connectivity index (χ0) is 19.2. The fourth-order valence-electron chi connectivity index (χ4n) is 3.53. The summed E-state index contributed by atoms with van der Waals surface area (Å²) < 4.78 is 1.61. The highest BCUT2D eigenvalue weighted by atomic mass is 35.5. The maximum Gasteiger partial charge on any atom is 0.256 e. The van der Waals surface area contributed by atoms with Crippen molar-refractivity contribution in [1.82, 2.24) is 20.0 Å². The number of nitrogens with one attached hydrogen (secondary N) is 1. The predicted molar refractivity (Wildman–Crippen MR) is 110 cm³/mol. The Bertz CT molecular complexity index is 751. The Morgan fingerprint density at radius 3 is 2.63 bits per heavy atom. The van der Waals surface area contributed by atoms with E-state index in [-0.39, 0.29) is 5.91 Å². The van der Waals surface area contributed by atoms with Crippen LogP contribution in [0, 0.1) is 12.8 Å². The van der Waals surface area contributed by atoms with Crippen molar-refractivity contribution < 1.29 is 4.79 Å². The van der Waals surface area contributed by atoms with Crippen molar-refractivity contribution in [3.05, 3.63) is 46.7 Å². The molecule has 0 saturated carbocycles. The SMILES string of the molecule is Cc1nn(-c2ccccc2)c(Cl)c1C(=O)NCCCCN1CCC(C)CC1. The maximum atomic E-state index is 12.6. The number of piperidine rings is 1. The molecule has 146 valence electrons. The minimum absolute atomic E-state index is 0.147. The Hall–Kier alpha value is -1.85. The number of likely N-dealkylation sites (tertiary alicyclic amines) is 1. The van der Waals surface area contributed by atoms with E-state index in [1.165, 1.54) is 25.9 Å². The molecule has 1 aliphatic rings. The van der Waals surface area contributed by atoms with E-state index < -0.39 is 0 Å². The van der Waals surface area contributed by atoms with Crippen molar-refractivity contribution >= 4 is 17.5 Å². The van der Waals surface area contributed by atoms with Crippen LogP contribution in [0.4, 0.5) is 0 Å². The summed E-state index contributed by atoms with van der Waals surface area (Å²) in [5.41, 5.74) is 1.95. The second-order valence-corrected chi connectivity index (χ2v) is 7.84. The largest absolute Gasteiger partial charge is 0.352 e. The van der Waals surface area contributed by atoms with Gasteiger partial charge in [-0.25, -0.2) is 4.68 Å². The van der Waals surface area contributed by atoms with Crippen LogP contribution in [-0.4, -0.2) is 46.8 Å². The summed E-state index contributed by atoms with van der Waals surface area (Å²) in [6.45, 7) is 8.35. The Morgan fingerprint density at radius 1 is 1.22 bits per heavy atom. The molecular formula is C21H29ClN4O. The summed E-state index contributed by atoms with van der Waals surface area (Å²) in [5.74, 6) is 0.719. The van der Waals surface area contributed by atoms with Gasteiger partial charge in [0.05, 0.1) is 16.9 Å². The van der Waals surface area contributed by atoms with Gasteiger partial charge in [-0.2, -0.15) is 5.10 Å². The number of amides is 1. The number of benzene rings is 1. The lowest BCUT2D eigenvalue weighted by Crippen LogP contribution is -2.34. The second-order valence-electron chi connectivity index (χ2n) is 7.49.